The molecular weight excluding hydrogens is 434 g/mol. The molecule has 8 heteroatoms. The number of urea groups is 1. The lowest BCUT2D eigenvalue weighted by atomic mass is 10.1. The summed E-state index contributed by atoms with van der Waals surface area (Å²) < 4.78 is 5.51. The predicted octanol–water partition coefficient (Wildman–Crippen LogP) is 3.68. The van der Waals surface area contributed by atoms with Crippen molar-refractivity contribution in [3.05, 3.63) is 95.6 Å². The van der Waals surface area contributed by atoms with Gasteiger partial charge < -0.3 is 10.1 Å². The molecule has 0 bridgehead atoms. The van der Waals surface area contributed by atoms with Crippen LogP contribution in [0.4, 0.5) is 16.2 Å². The summed E-state index contributed by atoms with van der Waals surface area (Å²) in [6, 6.07) is 21.5. The Morgan fingerprint density at radius 1 is 0.941 bits per heavy atom. The number of anilines is 2. The Kier molecular flexibility index (Phi) is 6.49. The second kappa shape index (κ2) is 9.83. The Morgan fingerprint density at radius 2 is 1.62 bits per heavy atom. The second-order valence-corrected chi connectivity index (χ2v) is 7.57. The van der Waals surface area contributed by atoms with Gasteiger partial charge in [-0.15, -0.1) is 0 Å². The highest BCUT2D eigenvalue weighted by atomic mass is 16.5. The van der Waals surface area contributed by atoms with Gasteiger partial charge in [0, 0.05) is 5.69 Å². The van der Waals surface area contributed by atoms with E-state index in [2.05, 4.69) is 10.6 Å². The number of hydrogen-bond donors (Lipinski definition) is 2. The molecule has 0 atom stereocenters. The minimum absolute atomic E-state index is 0.172. The summed E-state index contributed by atoms with van der Waals surface area (Å²) in [5, 5.41) is 4.93. The number of nitrogens with zero attached hydrogens (tertiary/aromatic N) is 1. The van der Waals surface area contributed by atoms with Crippen LogP contribution in [0.5, 0.6) is 5.75 Å². The molecule has 1 fully saturated rings. The molecule has 0 aliphatic carbocycles. The molecule has 0 aromatic heterocycles. The zero-order valence-corrected chi connectivity index (χ0v) is 18.3. The van der Waals surface area contributed by atoms with Gasteiger partial charge in [0.1, 0.15) is 11.3 Å². The Balaban J connectivity index is 1.41. The zero-order valence-electron chi connectivity index (χ0n) is 18.3. The number of carbonyl (C=O) groups is 4. The molecule has 0 unspecified atom stereocenters. The van der Waals surface area contributed by atoms with E-state index in [1.165, 1.54) is 6.08 Å². The topological polar surface area (TPSA) is 105 Å². The number of aryl methyl sites for hydroxylation is 1. The molecule has 34 heavy (non-hydrogen) atoms. The molecule has 1 saturated heterocycles. The van der Waals surface area contributed by atoms with Crippen LogP contribution in [-0.4, -0.2) is 30.4 Å². The van der Waals surface area contributed by atoms with Gasteiger partial charge in [-0.2, -0.15) is 0 Å². The first kappa shape index (κ1) is 22.5. The molecule has 1 aliphatic rings. The second-order valence-electron chi connectivity index (χ2n) is 7.57. The van der Waals surface area contributed by atoms with Crippen LogP contribution in [0.1, 0.15) is 11.1 Å². The van der Waals surface area contributed by atoms with Crippen molar-refractivity contribution in [2.24, 2.45) is 0 Å². The molecule has 1 aliphatic heterocycles. The normalized spacial score (nSPS) is 14.7. The monoisotopic (exact) mass is 455 g/mol. The van der Waals surface area contributed by atoms with Crippen molar-refractivity contribution >= 4 is 41.2 Å². The van der Waals surface area contributed by atoms with E-state index >= 15 is 0 Å². The van der Waals surface area contributed by atoms with Gasteiger partial charge in [-0.25, -0.2) is 9.69 Å². The molecule has 170 valence electrons. The summed E-state index contributed by atoms with van der Waals surface area (Å²) in [7, 11) is 0. The van der Waals surface area contributed by atoms with E-state index in [4.69, 9.17) is 4.74 Å². The number of nitrogens with one attached hydrogen (secondary N) is 2. The van der Waals surface area contributed by atoms with E-state index < -0.39 is 17.8 Å². The van der Waals surface area contributed by atoms with Gasteiger partial charge in [-0.3, -0.25) is 19.7 Å². The molecule has 1 heterocycles. The smallest absolute Gasteiger partial charge is 0.335 e. The minimum atomic E-state index is -0.800. The molecule has 3 aromatic carbocycles. The highest BCUT2D eigenvalue weighted by Crippen LogP contribution is 2.22. The number of carbonyl (C=O) groups excluding carboxylic acids is 4. The van der Waals surface area contributed by atoms with Gasteiger partial charge in [0.25, 0.3) is 17.7 Å². The summed E-state index contributed by atoms with van der Waals surface area (Å²) >= 11 is 0. The van der Waals surface area contributed by atoms with Gasteiger partial charge in [-0.05, 0) is 55.0 Å². The number of ether oxygens (including phenoxy) is 1. The number of amides is 5. The van der Waals surface area contributed by atoms with Crippen LogP contribution < -0.4 is 20.3 Å². The fourth-order valence-electron chi connectivity index (χ4n) is 3.28. The average molecular weight is 455 g/mol. The lowest BCUT2D eigenvalue weighted by Gasteiger charge is -2.26. The van der Waals surface area contributed by atoms with Crippen LogP contribution in [0, 0.1) is 6.92 Å². The Bertz CT molecular complexity index is 1270. The maximum absolute atomic E-state index is 12.9. The highest BCUT2D eigenvalue weighted by molar-refractivity contribution is 6.39. The number of imide groups is 2. The van der Waals surface area contributed by atoms with Crippen molar-refractivity contribution in [2.75, 3.05) is 16.8 Å². The van der Waals surface area contributed by atoms with E-state index in [0.717, 1.165) is 10.5 Å². The summed E-state index contributed by atoms with van der Waals surface area (Å²) in [5.41, 5.74) is 2.51. The first-order chi connectivity index (χ1) is 16.4. The maximum Gasteiger partial charge on any atom is 0.335 e. The molecule has 3 aromatic rings. The van der Waals surface area contributed by atoms with E-state index in [0.29, 0.717) is 22.7 Å². The van der Waals surface area contributed by atoms with Crippen LogP contribution in [0.15, 0.2) is 84.4 Å². The third kappa shape index (κ3) is 5.18. The van der Waals surface area contributed by atoms with E-state index in [-0.39, 0.29) is 18.1 Å². The van der Waals surface area contributed by atoms with Crippen LogP contribution in [0.2, 0.25) is 0 Å². The van der Waals surface area contributed by atoms with Crippen LogP contribution in [-0.2, 0) is 14.4 Å². The predicted molar refractivity (Wildman–Crippen MR) is 127 cm³/mol. The number of para-hydroxylation sites is 1. The molecule has 5 amide bonds. The molecule has 0 saturated carbocycles. The molecule has 0 spiro atoms. The average Bonchev–Trinajstić information content (AvgIpc) is 2.83. The van der Waals surface area contributed by atoms with Crippen molar-refractivity contribution in [1.82, 2.24) is 5.32 Å². The van der Waals surface area contributed by atoms with E-state index in [1.54, 1.807) is 54.6 Å². The van der Waals surface area contributed by atoms with Crippen LogP contribution >= 0.6 is 0 Å². The maximum atomic E-state index is 12.9. The van der Waals surface area contributed by atoms with Gasteiger partial charge in [-0.1, -0.05) is 48.0 Å². The summed E-state index contributed by atoms with van der Waals surface area (Å²) in [4.78, 5) is 50.4. The quantitative estimate of drug-likeness (QED) is 0.436. The number of barbiturate groups is 1. The molecular formula is C26H21N3O5. The fraction of sp³-hybridized carbons (Fsp3) is 0.0769. The lowest BCUT2D eigenvalue weighted by molar-refractivity contribution is -0.122. The standard InChI is InChI=1S/C26H21N3O5/c1-17-7-11-19(12-8-17)27-23(30)16-34-21-13-9-18(10-14-21)15-22-24(31)28-26(33)29(25(22)32)20-5-3-2-4-6-20/h2-15H,16H2,1H3,(H,27,30)(H,28,31,33)/b22-15+. The SMILES string of the molecule is Cc1ccc(NC(=O)COc2ccc(/C=C3\C(=O)NC(=O)N(c4ccccc4)C3=O)cc2)cc1. The zero-order chi connectivity index (χ0) is 24.1. The minimum Gasteiger partial charge on any atom is -0.484 e. The van der Waals surface area contributed by atoms with Gasteiger partial charge in [0.2, 0.25) is 0 Å². The molecule has 0 radical (unpaired) electrons. The van der Waals surface area contributed by atoms with E-state index in [9.17, 15) is 19.2 Å². The number of benzene rings is 3. The first-order valence-corrected chi connectivity index (χ1v) is 10.5. The third-order valence-electron chi connectivity index (χ3n) is 5.01. The highest BCUT2D eigenvalue weighted by Gasteiger charge is 2.36. The first-order valence-electron chi connectivity index (χ1n) is 10.5. The van der Waals surface area contributed by atoms with Crippen molar-refractivity contribution in [2.45, 2.75) is 6.92 Å². The van der Waals surface area contributed by atoms with Gasteiger partial charge in [0.05, 0.1) is 5.69 Å². The largest absolute Gasteiger partial charge is 0.484 e. The van der Waals surface area contributed by atoms with E-state index in [1.807, 2.05) is 31.2 Å². The third-order valence-corrected chi connectivity index (χ3v) is 5.01. The summed E-state index contributed by atoms with van der Waals surface area (Å²) in [6.07, 6.45) is 1.40. The van der Waals surface area contributed by atoms with Gasteiger partial charge >= 0.3 is 6.03 Å². The molecule has 2 N–H and O–H groups in total. The van der Waals surface area contributed by atoms with Crippen molar-refractivity contribution < 1.29 is 23.9 Å². The van der Waals surface area contributed by atoms with Crippen LogP contribution in [0.3, 0.4) is 0 Å². The fourth-order valence-corrected chi connectivity index (χ4v) is 3.28. The Hall–Kier alpha value is -4.72. The number of hydrogen-bond acceptors (Lipinski definition) is 5. The lowest BCUT2D eigenvalue weighted by Crippen LogP contribution is -2.54. The Morgan fingerprint density at radius 3 is 2.29 bits per heavy atom. The van der Waals surface area contributed by atoms with Gasteiger partial charge in [0.15, 0.2) is 6.61 Å². The Labute approximate surface area is 195 Å². The van der Waals surface area contributed by atoms with Crippen molar-refractivity contribution in [3.63, 3.8) is 0 Å². The summed E-state index contributed by atoms with van der Waals surface area (Å²) in [5.74, 6) is -1.34. The number of rotatable bonds is 6. The summed E-state index contributed by atoms with van der Waals surface area (Å²) in [6.45, 7) is 1.78. The molecule has 8 nitrogen and oxygen atoms in total. The van der Waals surface area contributed by atoms with Crippen LogP contribution in [0.25, 0.3) is 6.08 Å². The molecule has 4 rings (SSSR count). The van der Waals surface area contributed by atoms with Crippen molar-refractivity contribution in [3.8, 4) is 5.75 Å². The van der Waals surface area contributed by atoms with Crippen molar-refractivity contribution in [1.29, 1.82) is 0 Å².